The van der Waals surface area contributed by atoms with Gasteiger partial charge in [0.25, 0.3) is 5.91 Å². The molecule has 1 atom stereocenters. The number of benzene rings is 3. The molecule has 3 N–H and O–H groups in total. The lowest BCUT2D eigenvalue weighted by Gasteiger charge is -2.14. The fraction of sp³-hybridized carbons (Fsp3) is 0.0800. The highest BCUT2D eigenvalue weighted by molar-refractivity contribution is 6.03. The Morgan fingerprint density at radius 2 is 1.59 bits per heavy atom. The summed E-state index contributed by atoms with van der Waals surface area (Å²) in [5.41, 5.74) is 0.507. The summed E-state index contributed by atoms with van der Waals surface area (Å²) in [4.78, 5) is 35.4. The van der Waals surface area contributed by atoms with Crippen molar-refractivity contribution in [2.24, 2.45) is 0 Å². The Bertz CT molecular complexity index is 1270. The number of para-hydroxylation sites is 2. The Morgan fingerprint density at radius 1 is 0.882 bits per heavy atom. The predicted molar refractivity (Wildman–Crippen MR) is 120 cm³/mol. The van der Waals surface area contributed by atoms with Crippen LogP contribution in [0.5, 0.6) is 11.5 Å². The molecule has 0 spiro atoms. The van der Waals surface area contributed by atoms with E-state index in [2.05, 4.69) is 5.32 Å². The molecule has 34 heavy (non-hydrogen) atoms. The third-order valence-electron chi connectivity index (χ3n) is 4.87. The van der Waals surface area contributed by atoms with Gasteiger partial charge in [0.2, 0.25) is 12.0 Å². The van der Waals surface area contributed by atoms with Gasteiger partial charge in [-0.25, -0.2) is 9.59 Å². The molecule has 0 saturated carbocycles. The van der Waals surface area contributed by atoms with Gasteiger partial charge in [-0.05, 0) is 35.9 Å². The van der Waals surface area contributed by atoms with Crippen LogP contribution in [-0.4, -0.2) is 34.3 Å². The molecular weight excluding hydrogens is 442 g/mol. The topological polar surface area (TPSA) is 131 Å². The standard InChI is InChI=1S/C25H19NO8/c27-23(21-14-32-22(34-21)12-15-6-2-1-3-7-15)26-19-8-4-5-9-20(19)33-16-10-11-17(24(28)29)18(13-16)25(30)31/h1-11,13-14,22H,12H2,(H,26,27)(H,28,29)(H,30,31). The number of ether oxygens (including phenoxy) is 3. The summed E-state index contributed by atoms with van der Waals surface area (Å²) in [6.45, 7) is 0. The number of aromatic carboxylic acids is 2. The summed E-state index contributed by atoms with van der Waals surface area (Å²) < 4.78 is 16.8. The molecule has 0 bridgehead atoms. The highest BCUT2D eigenvalue weighted by Crippen LogP contribution is 2.31. The zero-order valence-corrected chi connectivity index (χ0v) is 17.6. The van der Waals surface area contributed by atoms with E-state index in [1.807, 2.05) is 30.3 Å². The molecule has 0 radical (unpaired) electrons. The van der Waals surface area contributed by atoms with Gasteiger partial charge in [0.05, 0.1) is 16.8 Å². The number of carboxylic acid groups (broad SMARTS) is 2. The van der Waals surface area contributed by atoms with Crippen molar-refractivity contribution < 1.29 is 38.8 Å². The predicted octanol–water partition coefficient (Wildman–Crippen LogP) is 4.27. The molecule has 3 aromatic rings. The van der Waals surface area contributed by atoms with E-state index in [1.54, 1.807) is 24.3 Å². The SMILES string of the molecule is O=C(Nc1ccccc1Oc1ccc(C(=O)O)c(C(=O)O)c1)C1=COC(Cc2ccccc2)O1. The van der Waals surface area contributed by atoms with Crippen LogP contribution in [0.25, 0.3) is 0 Å². The highest BCUT2D eigenvalue weighted by Gasteiger charge is 2.26. The van der Waals surface area contributed by atoms with Gasteiger partial charge in [0, 0.05) is 6.42 Å². The number of carboxylic acids is 2. The molecule has 1 amide bonds. The Morgan fingerprint density at radius 3 is 2.32 bits per heavy atom. The number of carbonyl (C=O) groups is 3. The Hall–Kier alpha value is -4.79. The van der Waals surface area contributed by atoms with E-state index in [0.29, 0.717) is 12.1 Å². The number of rotatable bonds is 8. The van der Waals surface area contributed by atoms with Gasteiger partial charge < -0.3 is 29.7 Å². The van der Waals surface area contributed by atoms with Gasteiger partial charge in [-0.15, -0.1) is 0 Å². The molecular formula is C25H19NO8. The molecule has 0 fully saturated rings. The minimum Gasteiger partial charge on any atom is -0.478 e. The zero-order valence-electron chi connectivity index (χ0n) is 17.6. The smallest absolute Gasteiger partial charge is 0.336 e. The van der Waals surface area contributed by atoms with Crippen LogP contribution in [0.15, 0.2) is 84.8 Å². The van der Waals surface area contributed by atoms with Crippen molar-refractivity contribution in [3.8, 4) is 11.5 Å². The van der Waals surface area contributed by atoms with Crippen LogP contribution in [0.4, 0.5) is 5.69 Å². The van der Waals surface area contributed by atoms with Crippen LogP contribution >= 0.6 is 0 Å². The highest BCUT2D eigenvalue weighted by atomic mass is 16.7. The van der Waals surface area contributed by atoms with Gasteiger partial charge in [0.1, 0.15) is 12.0 Å². The molecule has 1 heterocycles. The first kappa shape index (κ1) is 22.4. The van der Waals surface area contributed by atoms with Gasteiger partial charge in [-0.2, -0.15) is 0 Å². The second-order valence-electron chi connectivity index (χ2n) is 7.23. The van der Waals surface area contributed by atoms with Crippen LogP contribution < -0.4 is 10.1 Å². The van der Waals surface area contributed by atoms with Crippen LogP contribution in [0, 0.1) is 0 Å². The summed E-state index contributed by atoms with van der Waals surface area (Å²) in [6.07, 6.45) is 1.08. The summed E-state index contributed by atoms with van der Waals surface area (Å²) >= 11 is 0. The lowest BCUT2D eigenvalue weighted by atomic mass is 10.1. The maximum Gasteiger partial charge on any atom is 0.336 e. The molecule has 1 aliphatic rings. The fourth-order valence-corrected chi connectivity index (χ4v) is 3.26. The molecule has 4 rings (SSSR count). The van der Waals surface area contributed by atoms with Crippen LogP contribution in [0.1, 0.15) is 26.3 Å². The molecule has 1 unspecified atom stereocenters. The number of hydrogen-bond acceptors (Lipinski definition) is 6. The number of amides is 1. The van der Waals surface area contributed by atoms with Crippen LogP contribution in [0.2, 0.25) is 0 Å². The van der Waals surface area contributed by atoms with Gasteiger partial charge in [0.15, 0.2) is 5.75 Å². The second-order valence-corrected chi connectivity index (χ2v) is 7.23. The molecule has 9 nitrogen and oxygen atoms in total. The van der Waals surface area contributed by atoms with Crippen molar-refractivity contribution in [1.29, 1.82) is 0 Å². The number of hydrogen-bond donors (Lipinski definition) is 3. The molecule has 9 heteroatoms. The Balaban J connectivity index is 1.45. The second kappa shape index (κ2) is 9.78. The normalized spacial score (nSPS) is 14.4. The van der Waals surface area contributed by atoms with Gasteiger partial charge in [-0.3, -0.25) is 4.79 Å². The van der Waals surface area contributed by atoms with Crippen LogP contribution in [0.3, 0.4) is 0 Å². The Labute approximate surface area is 193 Å². The number of carbonyl (C=O) groups excluding carboxylic acids is 1. The minimum atomic E-state index is -1.40. The summed E-state index contributed by atoms with van der Waals surface area (Å²) in [7, 11) is 0. The summed E-state index contributed by atoms with van der Waals surface area (Å²) in [6, 6.07) is 19.6. The first-order chi connectivity index (χ1) is 16.4. The lowest BCUT2D eigenvalue weighted by molar-refractivity contribution is -0.118. The van der Waals surface area contributed by atoms with E-state index < -0.39 is 29.7 Å². The third kappa shape index (κ3) is 5.16. The van der Waals surface area contributed by atoms with Gasteiger partial charge >= 0.3 is 11.9 Å². The molecule has 0 saturated heterocycles. The Kier molecular flexibility index (Phi) is 6.45. The zero-order chi connectivity index (χ0) is 24.1. The van der Waals surface area contributed by atoms with Crippen molar-refractivity contribution in [2.45, 2.75) is 12.7 Å². The molecule has 0 aromatic heterocycles. The first-order valence-electron chi connectivity index (χ1n) is 10.2. The van der Waals surface area contributed by atoms with E-state index in [1.165, 1.54) is 12.3 Å². The van der Waals surface area contributed by atoms with Crippen molar-refractivity contribution in [2.75, 3.05) is 5.32 Å². The first-order valence-corrected chi connectivity index (χ1v) is 10.2. The van der Waals surface area contributed by atoms with E-state index in [9.17, 15) is 19.5 Å². The van der Waals surface area contributed by atoms with E-state index >= 15 is 0 Å². The van der Waals surface area contributed by atoms with Crippen molar-refractivity contribution in [1.82, 2.24) is 0 Å². The summed E-state index contributed by atoms with van der Waals surface area (Å²) in [5.74, 6) is -3.02. The maximum absolute atomic E-state index is 12.7. The lowest BCUT2D eigenvalue weighted by Crippen LogP contribution is -2.19. The van der Waals surface area contributed by atoms with Crippen molar-refractivity contribution >= 4 is 23.5 Å². The molecule has 3 aromatic carbocycles. The molecule has 172 valence electrons. The van der Waals surface area contributed by atoms with Crippen molar-refractivity contribution in [3.05, 3.63) is 102 Å². The van der Waals surface area contributed by atoms with Crippen LogP contribution in [-0.2, 0) is 20.7 Å². The third-order valence-corrected chi connectivity index (χ3v) is 4.87. The summed E-state index contributed by atoms with van der Waals surface area (Å²) in [5, 5.41) is 21.1. The van der Waals surface area contributed by atoms with E-state index in [4.69, 9.17) is 19.3 Å². The average molecular weight is 461 g/mol. The van der Waals surface area contributed by atoms with E-state index in [-0.39, 0.29) is 22.8 Å². The van der Waals surface area contributed by atoms with E-state index in [0.717, 1.165) is 17.7 Å². The number of nitrogens with one attached hydrogen (secondary N) is 1. The quantitative estimate of drug-likeness (QED) is 0.453. The fourth-order valence-electron chi connectivity index (χ4n) is 3.26. The molecule has 0 aliphatic carbocycles. The average Bonchev–Trinajstić information content (AvgIpc) is 3.29. The monoisotopic (exact) mass is 461 g/mol. The largest absolute Gasteiger partial charge is 0.478 e. The number of anilines is 1. The minimum absolute atomic E-state index is 0.00490. The van der Waals surface area contributed by atoms with Gasteiger partial charge in [-0.1, -0.05) is 42.5 Å². The molecule has 1 aliphatic heterocycles. The van der Waals surface area contributed by atoms with Crippen molar-refractivity contribution in [3.63, 3.8) is 0 Å². The maximum atomic E-state index is 12.7.